The van der Waals surface area contributed by atoms with Gasteiger partial charge in [-0.3, -0.25) is 28.8 Å². The van der Waals surface area contributed by atoms with Crippen LogP contribution in [0.5, 0.6) is 5.75 Å². The summed E-state index contributed by atoms with van der Waals surface area (Å²) in [7, 11) is 10.4. The van der Waals surface area contributed by atoms with Gasteiger partial charge in [0.05, 0.1) is 17.1 Å². The first kappa shape index (κ1) is 41.4. The number of amides is 6. The quantitative estimate of drug-likeness (QED) is 0.0682. The number of rotatable bonds is 18. The lowest BCUT2D eigenvalue weighted by molar-refractivity contribution is -0.121. The molecule has 4 heterocycles. The number of nitrogens with two attached hydrogens (primary N) is 1. The second-order valence-electron chi connectivity index (χ2n) is 13.3. The summed E-state index contributed by atoms with van der Waals surface area (Å²) in [6.07, 6.45) is 7.68. The van der Waals surface area contributed by atoms with E-state index in [0.717, 1.165) is 13.0 Å². The highest BCUT2D eigenvalue weighted by atomic mass is 16.3. The van der Waals surface area contributed by atoms with Crippen LogP contribution in [0.4, 0.5) is 22.7 Å². The fourth-order valence-electron chi connectivity index (χ4n) is 5.70. The molecule has 9 N–H and O–H groups in total. The van der Waals surface area contributed by atoms with E-state index in [2.05, 4.69) is 31.9 Å². The molecule has 0 unspecified atom stereocenters. The molecule has 0 fully saturated rings. The number of hydrogen-bond donors (Lipinski definition) is 8. The molecule has 0 radical (unpaired) electrons. The van der Waals surface area contributed by atoms with Crippen LogP contribution in [0.3, 0.4) is 0 Å². The number of nitrogens with one attached hydrogen (secondary N) is 6. The first-order valence-corrected chi connectivity index (χ1v) is 17.6. The molecular formula is C36H50N12O7. The van der Waals surface area contributed by atoms with Gasteiger partial charge in [-0.25, -0.2) is 0 Å². The Morgan fingerprint density at radius 2 is 1.13 bits per heavy atom. The first-order valence-electron chi connectivity index (χ1n) is 17.6. The molecule has 4 rings (SSSR count). The molecule has 55 heavy (non-hydrogen) atoms. The highest BCUT2D eigenvalue weighted by Crippen LogP contribution is 2.30. The highest BCUT2D eigenvalue weighted by Gasteiger charge is 2.23. The number of hydrogen-bond acceptors (Lipinski definition) is 9. The van der Waals surface area contributed by atoms with E-state index in [4.69, 9.17) is 5.73 Å². The molecule has 296 valence electrons. The minimum absolute atomic E-state index is 0.0793. The Balaban J connectivity index is 1.32. The summed E-state index contributed by atoms with van der Waals surface area (Å²) in [5, 5.41) is 27.0. The van der Waals surface area contributed by atoms with Gasteiger partial charge in [0.25, 0.3) is 23.6 Å². The topological polar surface area (TPSA) is 244 Å². The third-order valence-electron chi connectivity index (χ3n) is 8.48. The third kappa shape index (κ3) is 11.1. The van der Waals surface area contributed by atoms with E-state index in [1.54, 1.807) is 45.2 Å². The molecule has 19 heteroatoms. The second-order valence-corrected chi connectivity index (χ2v) is 13.3. The number of carbonyl (C=O) groups is 6. The van der Waals surface area contributed by atoms with Crippen molar-refractivity contribution < 1.29 is 33.9 Å². The van der Waals surface area contributed by atoms with Gasteiger partial charge < -0.3 is 65.9 Å². The zero-order valence-electron chi connectivity index (χ0n) is 31.9. The summed E-state index contributed by atoms with van der Waals surface area (Å²) in [5.74, 6) is -2.99. The van der Waals surface area contributed by atoms with E-state index < -0.39 is 29.4 Å². The average molecular weight is 763 g/mol. The Morgan fingerprint density at radius 3 is 1.64 bits per heavy atom. The van der Waals surface area contributed by atoms with E-state index in [9.17, 15) is 33.9 Å². The summed E-state index contributed by atoms with van der Waals surface area (Å²) in [6, 6.07) is 4.46. The molecule has 4 aromatic heterocycles. The number of nitrogens with zero attached hydrogens (tertiary/aromatic N) is 5. The largest absolute Gasteiger partial charge is 0.504 e. The summed E-state index contributed by atoms with van der Waals surface area (Å²) in [5.41, 5.74) is 7.08. The molecule has 4 aromatic rings. The molecule has 0 bridgehead atoms. The molecule has 19 nitrogen and oxygen atoms in total. The Hall–Kier alpha value is -6.34. The van der Waals surface area contributed by atoms with Gasteiger partial charge >= 0.3 is 0 Å². The summed E-state index contributed by atoms with van der Waals surface area (Å²) in [6.45, 7) is 1.91. The number of aromatic nitrogens is 4. The Morgan fingerprint density at radius 1 is 0.618 bits per heavy atom. The van der Waals surface area contributed by atoms with Crippen molar-refractivity contribution in [3.63, 3.8) is 0 Å². The lowest BCUT2D eigenvalue weighted by atomic mass is 10.3. The Kier molecular flexibility index (Phi) is 14.0. The monoisotopic (exact) mass is 762 g/mol. The standard InChI is InChI=1S/C36H50N12O7/c1-44(2)14-8-12-38-29(49)10-13-39-33(52)26-15-22(18-45(26)3)40-34(53)27-16-23(19-46(27)4)41-35(54)28-17-24(20-47(28)5)42-36(55)31-32(51)25(21-48(31)6)43-30(50)9-7-11-37/h15-21,51H,7-14,37H2,1-6H3,(H,38,49)(H,39,52)(H,40,53)(H,41,54)(H,42,55)(H,43,50). The van der Waals surface area contributed by atoms with Crippen molar-refractivity contribution in [3.05, 3.63) is 65.8 Å². The van der Waals surface area contributed by atoms with Gasteiger partial charge in [-0.1, -0.05) is 0 Å². The van der Waals surface area contributed by atoms with E-state index in [1.165, 1.54) is 44.3 Å². The van der Waals surface area contributed by atoms with Crippen LogP contribution < -0.4 is 37.6 Å². The van der Waals surface area contributed by atoms with E-state index >= 15 is 0 Å². The molecule has 0 aliphatic heterocycles. The van der Waals surface area contributed by atoms with E-state index in [-0.39, 0.29) is 65.4 Å². The molecule has 0 saturated heterocycles. The summed E-state index contributed by atoms with van der Waals surface area (Å²) >= 11 is 0. The zero-order chi connectivity index (χ0) is 40.4. The summed E-state index contributed by atoms with van der Waals surface area (Å²) < 4.78 is 5.97. The van der Waals surface area contributed by atoms with Crippen LogP contribution in [0.2, 0.25) is 0 Å². The molecule has 0 spiro atoms. The number of anilines is 4. The minimum atomic E-state index is -0.670. The first-order chi connectivity index (χ1) is 26.1. The molecule has 0 aliphatic rings. The normalized spacial score (nSPS) is 11.0. The maximum atomic E-state index is 13.3. The Labute approximate surface area is 318 Å². The molecule has 0 atom stereocenters. The van der Waals surface area contributed by atoms with Gasteiger partial charge in [0, 0.05) is 78.9 Å². The molecule has 0 saturated carbocycles. The van der Waals surface area contributed by atoms with Gasteiger partial charge in [-0.15, -0.1) is 0 Å². The van der Waals surface area contributed by atoms with E-state index in [1.807, 2.05) is 19.0 Å². The van der Waals surface area contributed by atoms with Crippen LogP contribution in [0.25, 0.3) is 0 Å². The van der Waals surface area contributed by atoms with Crippen molar-refractivity contribution in [2.45, 2.75) is 25.7 Å². The fourth-order valence-corrected chi connectivity index (χ4v) is 5.70. The lowest BCUT2D eigenvalue weighted by Crippen LogP contribution is -2.32. The highest BCUT2D eigenvalue weighted by molar-refractivity contribution is 6.10. The second kappa shape index (κ2) is 18.6. The Bertz CT molecular complexity index is 2050. The minimum Gasteiger partial charge on any atom is -0.504 e. The van der Waals surface area contributed by atoms with Crippen LogP contribution in [-0.2, 0) is 37.8 Å². The lowest BCUT2D eigenvalue weighted by Gasteiger charge is -2.10. The average Bonchev–Trinajstić information content (AvgIpc) is 3.85. The van der Waals surface area contributed by atoms with Crippen LogP contribution >= 0.6 is 0 Å². The van der Waals surface area contributed by atoms with Crippen LogP contribution in [0, 0.1) is 0 Å². The van der Waals surface area contributed by atoms with Crippen molar-refractivity contribution >= 4 is 58.2 Å². The molecule has 0 aliphatic carbocycles. The summed E-state index contributed by atoms with van der Waals surface area (Å²) in [4.78, 5) is 78.6. The molecular weight excluding hydrogens is 712 g/mol. The predicted molar refractivity (Wildman–Crippen MR) is 207 cm³/mol. The van der Waals surface area contributed by atoms with Crippen molar-refractivity contribution in [1.29, 1.82) is 0 Å². The van der Waals surface area contributed by atoms with Gasteiger partial charge in [0.1, 0.15) is 22.8 Å². The van der Waals surface area contributed by atoms with Crippen molar-refractivity contribution in [2.75, 3.05) is 61.5 Å². The van der Waals surface area contributed by atoms with Crippen molar-refractivity contribution in [1.82, 2.24) is 33.8 Å². The van der Waals surface area contributed by atoms with Gasteiger partial charge in [0.2, 0.25) is 11.8 Å². The third-order valence-corrected chi connectivity index (χ3v) is 8.48. The van der Waals surface area contributed by atoms with Gasteiger partial charge in [-0.2, -0.15) is 0 Å². The van der Waals surface area contributed by atoms with Gasteiger partial charge in [-0.05, 0) is 58.2 Å². The van der Waals surface area contributed by atoms with Crippen LogP contribution in [0.1, 0.15) is 67.6 Å². The SMILES string of the molecule is CN(C)CCCNC(=O)CCNC(=O)c1cc(NC(=O)c2cc(NC(=O)c3cc(NC(=O)c4c(O)c(NC(=O)CCCN)cn4C)cn3C)cn2C)cn1C. The number of carbonyl (C=O) groups excluding carboxylic acids is 6. The smallest absolute Gasteiger partial charge is 0.276 e. The van der Waals surface area contributed by atoms with Crippen molar-refractivity contribution in [2.24, 2.45) is 33.9 Å². The van der Waals surface area contributed by atoms with Crippen molar-refractivity contribution in [3.8, 4) is 5.75 Å². The maximum absolute atomic E-state index is 13.3. The maximum Gasteiger partial charge on any atom is 0.276 e. The van der Waals surface area contributed by atoms with Crippen LogP contribution in [-0.4, -0.2) is 104 Å². The zero-order valence-corrected chi connectivity index (χ0v) is 31.9. The van der Waals surface area contributed by atoms with Crippen LogP contribution in [0.15, 0.2) is 43.0 Å². The molecule has 6 amide bonds. The predicted octanol–water partition coefficient (Wildman–Crippen LogP) is 1.37. The molecule has 0 aromatic carbocycles. The van der Waals surface area contributed by atoms with Gasteiger partial charge in [0.15, 0.2) is 11.4 Å². The van der Waals surface area contributed by atoms with E-state index in [0.29, 0.717) is 30.9 Å². The number of aromatic hydroxyl groups is 1. The number of aryl methyl sites for hydroxylation is 4. The fraction of sp³-hybridized carbons (Fsp3) is 0.389.